The zero-order valence-corrected chi connectivity index (χ0v) is 23.0. The highest BCUT2D eigenvalue weighted by atomic mass is 32.2. The number of hydrogen-bond donors (Lipinski definition) is 3. The van der Waals surface area contributed by atoms with Crippen LogP contribution in [0.1, 0.15) is 5.56 Å². The minimum atomic E-state index is -5.08. The number of nitrogens with one attached hydrogen (secondary N) is 1. The maximum absolute atomic E-state index is 12.9. The molecule has 1 aromatic carbocycles. The molecule has 2 aromatic heterocycles. The van der Waals surface area contributed by atoms with E-state index in [9.17, 15) is 32.7 Å². The summed E-state index contributed by atoms with van der Waals surface area (Å²) in [6, 6.07) is 12.2. The first kappa shape index (κ1) is 30.1. The minimum Gasteiger partial charge on any atom is -0.477 e. The summed E-state index contributed by atoms with van der Waals surface area (Å²) in [5.74, 6) is -4.19. The number of amides is 2. The fourth-order valence-electron chi connectivity index (χ4n) is 3.74. The van der Waals surface area contributed by atoms with Crippen molar-refractivity contribution < 1.29 is 42.6 Å². The predicted octanol–water partition coefficient (Wildman–Crippen LogP) is 3.87. The number of rotatable bonds is 7. The van der Waals surface area contributed by atoms with E-state index in [4.69, 9.17) is 9.90 Å². The van der Waals surface area contributed by atoms with Crippen LogP contribution in [0.4, 0.5) is 13.2 Å². The van der Waals surface area contributed by atoms with Crippen LogP contribution in [0.15, 0.2) is 75.2 Å². The van der Waals surface area contributed by atoms with E-state index in [2.05, 4.69) is 15.3 Å². The molecule has 0 saturated carbocycles. The number of thioether (sulfide) groups is 2. The lowest BCUT2D eigenvalue weighted by Gasteiger charge is -2.49. The lowest BCUT2D eigenvalue weighted by molar-refractivity contribution is -0.192. The quantitative estimate of drug-likeness (QED) is 0.331. The van der Waals surface area contributed by atoms with Gasteiger partial charge in [0.2, 0.25) is 5.91 Å². The highest BCUT2D eigenvalue weighted by molar-refractivity contribution is 8.07. The van der Waals surface area contributed by atoms with Crippen molar-refractivity contribution in [1.29, 1.82) is 0 Å². The van der Waals surface area contributed by atoms with Crippen molar-refractivity contribution in [2.24, 2.45) is 0 Å². The van der Waals surface area contributed by atoms with E-state index >= 15 is 0 Å². The predicted molar refractivity (Wildman–Crippen MR) is 145 cm³/mol. The molecule has 2 aliphatic heterocycles. The summed E-state index contributed by atoms with van der Waals surface area (Å²) in [5, 5.41) is 21.3. The Morgan fingerprint density at radius 3 is 2.37 bits per heavy atom. The average molecular weight is 625 g/mol. The van der Waals surface area contributed by atoms with Gasteiger partial charge in [0.1, 0.15) is 17.1 Å². The number of carboxylic acids is 2. The van der Waals surface area contributed by atoms with E-state index in [1.165, 1.54) is 39.8 Å². The van der Waals surface area contributed by atoms with Crippen molar-refractivity contribution in [2.75, 3.05) is 5.75 Å². The van der Waals surface area contributed by atoms with Gasteiger partial charge in [0.15, 0.2) is 4.34 Å². The number of alkyl halides is 3. The first-order chi connectivity index (χ1) is 19.5. The first-order valence-electron chi connectivity index (χ1n) is 11.5. The third-order valence-electron chi connectivity index (χ3n) is 5.57. The molecule has 3 N–H and O–H groups in total. The number of carbonyl (C=O) groups excluding carboxylic acids is 2. The summed E-state index contributed by atoms with van der Waals surface area (Å²) >= 11 is 4.12. The number of benzene rings is 1. The van der Waals surface area contributed by atoms with Crippen molar-refractivity contribution in [3.63, 3.8) is 0 Å². The van der Waals surface area contributed by atoms with E-state index in [1.54, 1.807) is 12.4 Å². The fourth-order valence-corrected chi connectivity index (χ4v) is 7.20. The zero-order chi connectivity index (χ0) is 29.7. The molecule has 16 heteroatoms. The van der Waals surface area contributed by atoms with E-state index in [-0.39, 0.29) is 18.0 Å². The fraction of sp³-hybridized carbons (Fsp3) is 0.200. The Labute approximate surface area is 242 Å². The largest absolute Gasteiger partial charge is 0.490 e. The number of carbonyl (C=O) groups is 4. The molecule has 41 heavy (non-hydrogen) atoms. The summed E-state index contributed by atoms with van der Waals surface area (Å²) in [7, 11) is 0. The maximum atomic E-state index is 12.9. The van der Waals surface area contributed by atoms with Gasteiger partial charge >= 0.3 is 18.1 Å². The lowest BCUT2D eigenvalue weighted by atomic mass is 10.0. The van der Waals surface area contributed by atoms with Gasteiger partial charge in [0, 0.05) is 34.0 Å². The number of hydrogen-bond acceptors (Lipinski definition) is 9. The zero-order valence-electron chi connectivity index (χ0n) is 20.6. The van der Waals surface area contributed by atoms with Crippen LogP contribution in [-0.4, -0.2) is 72.2 Å². The van der Waals surface area contributed by atoms with E-state index in [0.717, 1.165) is 16.8 Å². The molecule has 0 spiro atoms. The van der Waals surface area contributed by atoms with Crippen LogP contribution in [0, 0.1) is 0 Å². The standard InChI is InChI=1S/C23H18N4O4S3.C2HF3O2/c28-17(10-13-4-2-1-3-5-13)26-18-20(29)27-19(22(30)31)16(12-32-21(18)27)34-23-25-15(11-33-23)14-6-8-24-9-7-14;3-2(4,5)1(6)7/h1-9,11,18,21H,10,12H2,(H,26,28)(H,30,31);(H,6,7)/t18-,21+;/m1./s1. The summed E-state index contributed by atoms with van der Waals surface area (Å²) in [6.45, 7) is 0. The second-order valence-corrected chi connectivity index (χ2v) is 11.6. The number of fused-ring (bicyclic) bond motifs is 1. The Morgan fingerprint density at radius 1 is 1.10 bits per heavy atom. The van der Waals surface area contributed by atoms with Crippen LogP contribution in [0.2, 0.25) is 0 Å². The summed E-state index contributed by atoms with van der Waals surface area (Å²) in [5.41, 5.74) is 2.53. The number of pyridine rings is 1. The molecule has 0 bridgehead atoms. The first-order valence-corrected chi connectivity index (χ1v) is 14.3. The molecule has 3 aromatic rings. The molecular weight excluding hydrogens is 605 g/mol. The SMILES string of the molecule is O=C(Cc1ccccc1)N[C@@H]1C(=O)N2C(C(=O)O)=C(Sc3nc(-c4ccncc4)cs3)CS[C@@H]12.O=C(O)C(F)(F)F. The molecule has 1 fully saturated rings. The Balaban J connectivity index is 0.000000493. The summed E-state index contributed by atoms with van der Waals surface area (Å²) < 4.78 is 32.4. The van der Waals surface area contributed by atoms with Gasteiger partial charge in [-0.3, -0.25) is 19.5 Å². The second-order valence-electron chi connectivity index (χ2n) is 8.33. The van der Waals surface area contributed by atoms with Gasteiger partial charge in [-0.2, -0.15) is 13.2 Å². The summed E-state index contributed by atoms with van der Waals surface area (Å²) in [4.78, 5) is 56.7. The molecule has 1 saturated heterocycles. The third-order valence-corrected chi connectivity index (χ3v) is 9.06. The molecule has 0 unspecified atom stereocenters. The van der Waals surface area contributed by atoms with Crippen LogP contribution >= 0.6 is 34.9 Å². The van der Waals surface area contributed by atoms with Gasteiger partial charge < -0.3 is 15.5 Å². The van der Waals surface area contributed by atoms with Crippen molar-refractivity contribution in [1.82, 2.24) is 20.2 Å². The molecule has 214 valence electrons. The van der Waals surface area contributed by atoms with Crippen molar-refractivity contribution in [3.8, 4) is 11.3 Å². The van der Waals surface area contributed by atoms with Crippen LogP contribution in [0.25, 0.3) is 11.3 Å². The number of β-lactam (4-membered cyclic amide) rings is 1. The highest BCUT2D eigenvalue weighted by Crippen LogP contribution is 2.46. The van der Waals surface area contributed by atoms with Gasteiger partial charge in [-0.1, -0.05) is 42.1 Å². The molecule has 0 radical (unpaired) electrons. The van der Waals surface area contributed by atoms with Crippen LogP contribution < -0.4 is 5.32 Å². The van der Waals surface area contributed by atoms with Gasteiger partial charge in [-0.05, 0) is 17.7 Å². The van der Waals surface area contributed by atoms with Gasteiger partial charge in [-0.25, -0.2) is 14.6 Å². The van der Waals surface area contributed by atoms with Gasteiger partial charge in [-0.15, -0.1) is 23.1 Å². The number of aliphatic carboxylic acids is 2. The van der Waals surface area contributed by atoms with Crippen molar-refractivity contribution in [3.05, 3.63) is 76.4 Å². The van der Waals surface area contributed by atoms with E-state index in [0.29, 0.717) is 15.0 Å². The monoisotopic (exact) mass is 624 g/mol. The number of nitrogens with zero attached hydrogens (tertiary/aromatic N) is 3. The normalized spacial score (nSPS) is 18.0. The van der Waals surface area contributed by atoms with Gasteiger partial charge in [0.05, 0.1) is 12.1 Å². The molecule has 4 heterocycles. The van der Waals surface area contributed by atoms with Crippen LogP contribution in [-0.2, 0) is 25.6 Å². The topological polar surface area (TPSA) is 150 Å². The Kier molecular flexibility index (Phi) is 9.35. The molecule has 10 nitrogen and oxygen atoms in total. The Bertz CT molecular complexity index is 1480. The summed E-state index contributed by atoms with van der Waals surface area (Å²) in [6.07, 6.45) is -1.54. The Morgan fingerprint density at radius 2 is 1.76 bits per heavy atom. The number of halogens is 3. The molecule has 0 aliphatic carbocycles. The lowest BCUT2D eigenvalue weighted by Crippen LogP contribution is -2.70. The Hall–Kier alpha value is -3.89. The molecule has 2 aliphatic rings. The number of carboxylic acid groups (broad SMARTS) is 2. The molecule has 2 amide bonds. The van der Waals surface area contributed by atoms with E-state index < -0.39 is 35.4 Å². The third kappa shape index (κ3) is 7.25. The van der Waals surface area contributed by atoms with Crippen LogP contribution in [0.3, 0.4) is 0 Å². The minimum absolute atomic E-state index is 0.0343. The number of aromatic nitrogens is 2. The highest BCUT2D eigenvalue weighted by Gasteiger charge is 2.54. The number of thiazole rings is 1. The smallest absolute Gasteiger partial charge is 0.477 e. The maximum Gasteiger partial charge on any atom is 0.490 e. The average Bonchev–Trinajstić information content (AvgIpc) is 3.41. The van der Waals surface area contributed by atoms with Gasteiger partial charge in [0.25, 0.3) is 5.91 Å². The second kappa shape index (κ2) is 12.7. The molecular formula is C25H19F3N4O6S3. The van der Waals surface area contributed by atoms with Crippen molar-refractivity contribution >= 4 is 58.6 Å². The van der Waals surface area contributed by atoms with Crippen molar-refractivity contribution in [2.45, 2.75) is 28.4 Å². The van der Waals surface area contributed by atoms with Crippen LogP contribution in [0.5, 0.6) is 0 Å². The molecule has 2 atom stereocenters. The molecule has 5 rings (SSSR count). The van der Waals surface area contributed by atoms with E-state index in [1.807, 2.05) is 47.8 Å².